The number of rotatable bonds is 6. The maximum absolute atomic E-state index is 12.0. The Morgan fingerprint density at radius 3 is 2.83 bits per heavy atom. The second-order valence-electron chi connectivity index (χ2n) is 6.59. The molecule has 1 aliphatic rings. The minimum Gasteiger partial charge on any atom is -0.380 e. The van der Waals surface area contributed by atoms with E-state index >= 15 is 0 Å². The molecule has 7 nitrogen and oxygen atoms in total. The number of urea groups is 1. The fourth-order valence-electron chi connectivity index (χ4n) is 3.09. The Labute approximate surface area is 144 Å². The van der Waals surface area contributed by atoms with Crippen LogP contribution in [0.4, 0.5) is 4.79 Å². The van der Waals surface area contributed by atoms with Crippen molar-refractivity contribution < 1.29 is 9.53 Å². The van der Waals surface area contributed by atoms with E-state index in [-0.39, 0.29) is 12.1 Å². The minimum absolute atomic E-state index is 0.0678. The van der Waals surface area contributed by atoms with E-state index in [0.717, 1.165) is 57.1 Å². The van der Waals surface area contributed by atoms with E-state index in [4.69, 9.17) is 4.74 Å². The van der Waals surface area contributed by atoms with Crippen molar-refractivity contribution in [1.29, 1.82) is 0 Å². The molecule has 0 aliphatic carbocycles. The molecule has 0 aromatic carbocycles. The molecule has 2 heterocycles. The average Bonchev–Trinajstić information content (AvgIpc) is 2.74. The zero-order valence-corrected chi connectivity index (χ0v) is 15.4. The molecule has 7 heteroatoms. The van der Waals surface area contributed by atoms with Gasteiger partial charge in [0.05, 0.1) is 12.3 Å². The van der Waals surface area contributed by atoms with Crippen LogP contribution in [-0.2, 0) is 18.2 Å². The number of carbonyl (C=O) groups is 1. The summed E-state index contributed by atoms with van der Waals surface area (Å²) in [4.78, 5) is 14.4. The predicted molar refractivity (Wildman–Crippen MR) is 94.3 cm³/mol. The van der Waals surface area contributed by atoms with Crippen LogP contribution in [0, 0.1) is 13.8 Å². The molecule has 1 aromatic heterocycles. The monoisotopic (exact) mass is 337 g/mol. The molecule has 0 spiro atoms. The molecule has 1 aromatic rings. The van der Waals surface area contributed by atoms with Gasteiger partial charge >= 0.3 is 6.03 Å². The lowest BCUT2D eigenvalue weighted by atomic mass is 10.1. The summed E-state index contributed by atoms with van der Waals surface area (Å²) in [5, 5.41) is 10.4. The second-order valence-corrected chi connectivity index (χ2v) is 6.59. The molecule has 1 fully saturated rings. The highest BCUT2D eigenvalue weighted by molar-refractivity contribution is 5.74. The molecule has 1 saturated heterocycles. The van der Waals surface area contributed by atoms with Gasteiger partial charge in [0.15, 0.2) is 0 Å². The molecule has 24 heavy (non-hydrogen) atoms. The van der Waals surface area contributed by atoms with Gasteiger partial charge in [-0.25, -0.2) is 4.79 Å². The summed E-state index contributed by atoms with van der Waals surface area (Å²) in [5.74, 6) is 0. The number of hydrogen-bond acceptors (Lipinski definition) is 4. The van der Waals surface area contributed by atoms with Gasteiger partial charge in [-0.1, -0.05) is 0 Å². The number of aryl methyl sites for hydroxylation is 2. The smallest absolute Gasteiger partial charge is 0.315 e. The van der Waals surface area contributed by atoms with Crippen molar-refractivity contribution in [1.82, 2.24) is 25.3 Å². The summed E-state index contributed by atoms with van der Waals surface area (Å²) in [7, 11) is 1.95. The van der Waals surface area contributed by atoms with Crippen molar-refractivity contribution in [2.24, 2.45) is 7.05 Å². The fraction of sp³-hybridized carbons (Fsp3) is 0.765. The quantitative estimate of drug-likeness (QED) is 0.812. The summed E-state index contributed by atoms with van der Waals surface area (Å²) >= 11 is 0. The largest absolute Gasteiger partial charge is 0.380 e. The number of carbonyl (C=O) groups excluding carboxylic acids is 1. The van der Waals surface area contributed by atoms with E-state index < -0.39 is 0 Å². The standard InChI is InChI=1S/C17H31N5O2/c1-13(12-16-14(2)20-21(4)15(16)3)19-17(23)18-6-8-22-7-5-10-24-11-9-22/h13H,5-12H2,1-4H3,(H2,18,19,23). The topological polar surface area (TPSA) is 71.4 Å². The summed E-state index contributed by atoms with van der Waals surface area (Å²) in [6, 6.07) is -0.0362. The van der Waals surface area contributed by atoms with Crippen molar-refractivity contribution in [2.45, 2.75) is 39.7 Å². The van der Waals surface area contributed by atoms with Crippen LogP contribution in [0.2, 0.25) is 0 Å². The van der Waals surface area contributed by atoms with Crippen molar-refractivity contribution in [2.75, 3.05) is 39.4 Å². The van der Waals surface area contributed by atoms with E-state index in [2.05, 4.69) is 27.6 Å². The molecule has 0 radical (unpaired) electrons. The first-order chi connectivity index (χ1) is 11.5. The summed E-state index contributed by atoms with van der Waals surface area (Å²) in [6.07, 6.45) is 1.86. The number of nitrogens with one attached hydrogen (secondary N) is 2. The van der Waals surface area contributed by atoms with Gasteiger partial charge in [0.2, 0.25) is 0 Å². The highest BCUT2D eigenvalue weighted by atomic mass is 16.5. The molecular formula is C17H31N5O2. The molecule has 1 atom stereocenters. The van der Waals surface area contributed by atoms with E-state index in [1.165, 1.54) is 5.56 Å². The summed E-state index contributed by atoms with van der Waals surface area (Å²) in [6.45, 7) is 11.2. The maximum atomic E-state index is 12.0. The lowest BCUT2D eigenvalue weighted by Gasteiger charge is -2.20. The Morgan fingerprint density at radius 2 is 2.12 bits per heavy atom. The molecule has 1 unspecified atom stereocenters. The predicted octanol–water partition coefficient (Wildman–Crippen LogP) is 0.989. The van der Waals surface area contributed by atoms with Gasteiger partial charge < -0.3 is 15.4 Å². The Hall–Kier alpha value is -1.60. The lowest BCUT2D eigenvalue weighted by Crippen LogP contribution is -2.44. The Bertz CT molecular complexity index is 535. The van der Waals surface area contributed by atoms with E-state index in [9.17, 15) is 4.79 Å². The zero-order valence-electron chi connectivity index (χ0n) is 15.4. The zero-order chi connectivity index (χ0) is 17.5. The van der Waals surface area contributed by atoms with Gasteiger partial charge in [0, 0.05) is 51.6 Å². The van der Waals surface area contributed by atoms with Crippen molar-refractivity contribution in [3.8, 4) is 0 Å². The van der Waals surface area contributed by atoms with Crippen LogP contribution in [0.1, 0.15) is 30.3 Å². The van der Waals surface area contributed by atoms with E-state index in [1.807, 2.05) is 25.6 Å². The maximum Gasteiger partial charge on any atom is 0.315 e. The van der Waals surface area contributed by atoms with E-state index in [0.29, 0.717) is 6.54 Å². The van der Waals surface area contributed by atoms with Crippen LogP contribution < -0.4 is 10.6 Å². The molecular weight excluding hydrogens is 306 g/mol. The highest BCUT2D eigenvalue weighted by Gasteiger charge is 2.15. The molecule has 0 bridgehead atoms. The third-order valence-electron chi connectivity index (χ3n) is 4.58. The highest BCUT2D eigenvalue weighted by Crippen LogP contribution is 2.14. The van der Waals surface area contributed by atoms with Crippen LogP contribution in [0.25, 0.3) is 0 Å². The number of aromatic nitrogens is 2. The van der Waals surface area contributed by atoms with Gasteiger partial charge in [-0.3, -0.25) is 9.58 Å². The third kappa shape index (κ3) is 5.49. The molecule has 2 rings (SSSR count). The Morgan fingerprint density at radius 1 is 1.33 bits per heavy atom. The number of ether oxygens (including phenoxy) is 1. The molecule has 2 amide bonds. The van der Waals surface area contributed by atoms with Crippen LogP contribution in [0.15, 0.2) is 0 Å². The number of amides is 2. The first kappa shape index (κ1) is 18.7. The van der Waals surface area contributed by atoms with Gasteiger partial charge in [-0.2, -0.15) is 5.10 Å². The second kappa shape index (κ2) is 9.03. The van der Waals surface area contributed by atoms with Gasteiger partial charge in [-0.15, -0.1) is 0 Å². The van der Waals surface area contributed by atoms with Crippen LogP contribution in [-0.4, -0.2) is 66.1 Å². The number of nitrogens with zero attached hydrogens (tertiary/aromatic N) is 3. The Kier molecular flexibility index (Phi) is 7.05. The average molecular weight is 337 g/mol. The van der Waals surface area contributed by atoms with Crippen LogP contribution in [0.5, 0.6) is 0 Å². The third-order valence-corrected chi connectivity index (χ3v) is 4.58. The van der Waals surface area contributed by atoms with Crippen molar-refractivity contribution in [3.63, 3.8) is 0 Å². The molecule has 1 aliphatic heterocycles. The number of hydrogen-bond donors (Lipinski definition) is 2. The first-order valence-corrected chi connectivity index (χ1v) is 8.81. The van der Waals surface area contributed by atoms with Gasteiger partial charge in [-0.05, 0) is 39.2 Å². The Balaban J connectivity index is 1.69. The van der Waals surface area contributed by atoms with Crippen LogP contribution in [0.3, 0.4) is 0 Å². The van der Waals surface area contributed by atoms with Crippen molar-refractivity contribution >= 4 is 6.03 Å². The van der Waals surface area contributed by atoms with E-state index in [1.54, 1.807) is 0 Å². The lowest BCUT2D eigenvalue weighted by molar-refractivity contribution is 0.141. The normalized spacial score (nSPS) is 17.3. The summed E-state index contributed by atoms with van der Waals surface area (Å²) < 4.78 is 7.33. The van der Waals surface area contributed by atoms with Gasteiger partial charge in [0.1, 0.15) is 0 Å². The molecule has 2 N–H and O–H groups in total. The fourth-order valence-corrected chi connectivity index (χ4v) is 3.09. The minimum atomic E-state index is -0.104. The molecule has 136 valence electrons. The molecule has 0 saturated carbocycles. The first-order valence-electron chi connectivity index (χ1n) is 8.81. The van der Waals surface area contributed by atoms with Crippen molar-refractivity contribution in [3.05, 3.63) is 17.0 Å². The summed E-state index contributed by atoms with van der Waals surface area (Å²) in [5.41, 5.74) is 3.41. The van der Waals surface area contributed by atoms with Gasteiger partial charge in [0.25, 0.3) is 0 Å². The SMILES string of the molecule is Cc1nn(C)c(C)c1CC(C)NC(=O)NCCN1CCCOCC1. The van der Waals surface area contributed by atoms with Crippen LogP contribution >= 0.6 is 0 Å².